The van der Waals surface area contributed by atoms with E-state index in [9.17, 15) is 23.1 Å². The number of alkyl halides is 3. The van der Waals surface area contributed by atoms with E-state index in [4.69, 9.17) is 11.6 Å². The number of carbonyl (C=O) groups excluding carboxylic acids is 1. The average Bonchev–Trinajstić information content (AvgIpc) is 3.03. The summed E-state index contributed by atoms with van der Waals surface area (Å²) in [7, 11) is 1.54. The zero-order chi connectivity index (χ0) is 23.8. The maximum atomic E-state index is 12.9. The third-order valence-electron chi connectivity index (χ3n) is 5.19. The third kappa shape index (κ3) is 4.34. The Hall–Kier alpha value is -3.31. The predicted molar refractivity (Wildman–Crippen MR) is 116 cm³/mol. The Bertz CT molecular complexity index is 1120. The lowest BCUT2D eigenvalue weighted by Gasteiger charge is -2.20. The highest BCUT2D eigenvalue weighted by molar-refractivity contribution is 6.05. The number of nitrogens with two attached hydrogens (primary N) is 2. The summed E-state index contributed by atoms with van der Waals surface area (Å²) >= 11 is 0. The topological polar surface area (TPSA) is 122 Å². The number of hydrazine groups is 1. The van der Waals surface area contributed by atoms with Crippen molar-refractivity contribution >= 4 is 28.3 Å². The smallest absolute Gasteiger partial charge is 0.395 e. The van der Waals surface area contributed by atoms with Crippen molar-refractivity contribution in [3.63, 3.8) is 0 Å². The van der Waals surface area contributed by atoms with Crippen molar-refractivity contribution in [2.45, 2.75) is 26.1 Å². The summed E-state index contributed by atoms with van der Waals surface area (Å²) in [4.78, 5) is 16.2. The fourth-order valence-corrected chi connectivity index (χ4v) is 3.41. The monoisotopic (exact) mass is 450 g/mol. The number of anilines is 2. The van der Waals surface area contributed by atoms with Crippen LogP contribution in [0.25, 0.3) is 16.6 Å². The number of rotatable bonds is 6. The van der Waals surface area contributed by atoms with Crippen molar-refractivity contribution in [2.75, 3.05) is 24.4 Å². The van der Waals surface area contributed by atoms with Gasteiger partial charge in [-0.25, -0.2) is 10.8 Å². The summed E-state index contributed by atoms with van der Waals surface area (Å²) in [6.07, 6.45) is -3.47. The molecule has 1 aromatic carbocycles. The molecule has 0 aliphatic heterocycles. The molecule has 0 saturated heterocycles. The van der Waals surface area contributed by atoms with Gasteiger partial charge in [-0.15, -0.1) is 0 Å². The van der Waals surface area contributed by atoms with Gasteiger partial charge in [-0.2, -0.15) is 13.2 Å². The molecular weight excluding hydrogens is 425 g/mol. The first-order valence-corrected chi connectivity index (χ1v) is 9.83. The Labute approximate surface area is 182 Å². The fourth-order valence-electron chi connectivity index (χ4n) is 3.41. The number of carbonyl (C=O) groups is 1. The molecule has 1 unspecified atom stereocenters. The molecule has 0 aliphatic rings. The number of amides is 1. The lowest BCUT2D eigenvalue weighted by atomic mass is 10.0. The highest BCUT2D eigenvalue weighted by Gasteiger charge is 2.32. The molecule has 1 amide bonds. The van der Waals surface area contributed by atoms with Gasteiger partial charge in [0.25, 0.3) is 5.91 Å². The van der Waals surface area contributed by atoms with Gasteiger partial charge in [0.2, 0.25) is 0 Å². The van der Waals surface area contributed by atoms with Crippen LogP contribution in [0.15, 0.2) is 36.5 Å². The molecule has 0 saturated carbocycles. The number of benzene rings is 1. The van der Waals surface area contributed by atoms with E-state index in [1.807, 2.05) is 13.8 Å². The Balaban J connectivity index is 2.10. The molecule has 11 heteroatoms. The van der Waals surface area contributed by atoms with E-state index in [1.165, 1.54) is 11.1 Å². The summed E-state index contributed by atoms with van der Waals surface area (Å²) in [5.74, 6) is 5.93. The SMILES string of the molecule is CC(C)C(CO)NC(=O)c1ccc2c(c1)c(N)c(N(C)N)n2-c1ccc(C(F)(F)F)nc1. The van der Waals surface area contributed by atoms with Crippen molar-refractivity contribution < 1.29 is 23.1 Å². The second-order valence-corrected chi connectivity index (χ2v) is 7.82. The van der Waals surface area contributed by atoms with E-state index in [-0.39, 0.29) is 24.1 Å². The third-order valence-corrected chi connectivity index (χ3v) is 5.19. The first-order valence-electron chi connectivity index (χ1n) is 9.83. The zero-order valence-electron chi connectivity index (χ0n) is 17.8. The van der Waals surface area contributed by atoms with E-state index in [1.54, 1.807) is 29.8 Å². The first-order chi connectivity index (χ1) is 15.0. The number of fused-ring (bicyclic) bond motifs is 1. The lowest BCUT2D eigenvalue weighted by Crippen LogP contribution is -2.41. The van der Waals surface area contributed by atoms with Crippen molar-refractivity contribution in [3.05, 3.63) is 47.8 Å². The molecule has 2 aromatic heterocycles. The number of pyridine rings is 1. The average molecular weight is 450 g/mol. The molecule has 0 bridgehead atoms. The van der Waals surface area contributed by atoms with Gasteiger partial charge in [0.15, 0.2) is 5.82 Å². The molecular formula is C21H25F3N6O2. The predicted octanol–water partition coefficient (Wildman–Crippen LogP) is 2.68. The van der Waals surface area contributed by atoms with Crippen LogP contribution in [0.3, 0.4) is 0 Å². The molecule has 3 aromatic rings. The summed E-state index contributed by atoms with van der Waals surface area (Å²) in [6, 6.07) is 6.52. The Kier molecular flexibility index (Phi) is 6.33. The number of nitrogen functional groups attached to an aromatic ring is 1. The number of aliphatic hydroxyl groups excluding tert-OH is 1. The minimum atomic E-state index is -4.56. The van der Waals surface area contributed by atoms with Gasteiger partial charge in [0.05, 0.1) is 35.7 Å². The van der Waals surface area contributed by atoms with Crippen LogP contribution in [-0.2, 0) is 6.18 Å². The molecule has 32 heavy (non-hydrogen) atoms. The molecule has 8 nitrogen and oxygen atoms in total. The van der Waals surface area contributed by atoms with Crippen molar-refractivity contribution in [1.29, 1.82) is 0 Å². The highest BCUT2D eigenvalue weighted by Crippen LogP contribution is 2.37. The van der Waals surface area contributed by atoms with Crippen LogP contribution in [0.2, 0.25) is 0 Å². The second-order valence-electron chi connectivity index (χ2n) is 7.82. The summed E-state index contributed by atoms with van der Waals surface area (Å²) in [5, 5.41) is 14.0. The molecule has 172 valence electrons. The quantitative estimate of drug-likeness (QED) is 0.338. The normalized spacial score (nSPS) is 12.9. The van der Waals surface area contributed by atoms with Gasteiger partial charge < -0.3 is 16.2 Å². The number of halogens is 3. The Morgan fingerprint density at radius 2 is 1.97 bits per heavy atom. The number of aromatic nitrogens is 2. The minimum Gasteiger partial charge on any atom is -0.395 e. The van der Waals surface area contributed by atoms with Gasteiger partial charge in [0.1, 0.15) is 5.69 Å². The Morgan fingerprint density at radius 1 is 1.28 bits per heavy atom. The first kappa shape index (κ1) is 23.4. The van der Waals surface area contributed by atoms with Crippen LogP contribution >= 0.6 is 0 Å². The van der Waals surface area contributed by atoms with Gasteiger partial charge in [-0.1, -0.05) is 13.8 Å². The fraction of sp³-hybridized carbons (Fsp3) is 0.333. The van der Waals surface area contributed by atoms with Crippen molar-refractivity contribution in [2.24, 2.45) is 11.8 Å². The van der Waals surface area contributed by atoms with Gasteiger partial charge in [-0.3, -0.25) is 14.4 Å². The molecule has 3 rings (SSSR count). The van der Waals surface area contributed by atoms with Gasteiger partial charge in [-0.05, 0) is 36.2 Å². The summed E-state index contributed by atoms with van der Waals surface area (Å²) in [6.45, 7) is 3.56. The van der Waals surface area contributed by atoms with E-state index >= 15 is 0 Å². The summed E-state index contributed by atoms with van der Waals surface area (Å²) in [5.41, 5.74) is 6.72. The largest absolute Gasteiger partial charge is 0.433 e. The molecule has 0 fully saturated rings. The number of nitrogens with zero attached hydrogens (tertiary/aromatic N) is 3. The molecule has 0 aliphatic carbocycles. The van der Waals surface area contributed by atoms with E-state index in [2.05, 4.69) is 10.3 Å². The molecule has 0 radical (unpaired) electrons. The van der Waals surface area contributed by atoms with Crippen LogP contribution in [0, 0.1) is 5.92 Å². The number of hydrogen-bond donors (Lipinski definition) is 4. The van der Waals surface area contributed by atoms with E-state index in [0.29, 0.717) is 28.0 Å². The maximum absolute atomic E-state index is 12.9. The molecule has 1 atom stereocenters. The van der Waals surface area contributed by atoms with Gasteiger partial charge >= 0.3 is 6.18 Å². The van der Waals surface area contributed by atoms with Crippen molar-refractivity contribution in [1.82, 2.24) is 14.9 Å². The zero-order valence-corrected chi connectivity index (χ0v) is 17.8. The number of hydrogen-bond acceptors (Lipinski definition) is 6. The van der Waals surface area contributed by atoms with Crippen LogP contribution in [-0.4, -0.2) is 40.3 Å². The minimum absolute atomic E-state index is 0.0310. The molecule has 0 spiro atoms. The van der Waals surface area contributed by atoms with Crippen molar-refractivity contribution in [3.8, 4) is 5.69 Å². The van der Waals surface area contributed by atoms with E-state index < -0.39 is 17.9 Å². The maximum Gasteiger partial charge on any atom is 0.433 e. The summed E-state index contributed by atoms with van der Waals surface area (Å²) < 4.78 is 40.3. The Morgan fingerprint density at radius 3 is 2.47 bits per heavy atom. The highest BCUT2D eigenvalue weighted by atomic mass is 19.4. The van der Waals surface area contributed by atoms with Crippen LogP contribution in [0.4, 0.5) is 24.7 Å². The lowest BCUT2D eigenvalue weighted by molar-refractivity contribution is -0.141. The van der Waals surface area contributed by atoms with Crippen LogP contribution in [0.1, 0.15) is 29.9 Å². The van der Waals surface area contributed by atoms with Gasteiger partial charge in [0, 0.05) is 18.0 Å². The second kappa shape index (κ2) is 8.67. The number of aliphatic hydroxyl groups is 1. The van der Waals surface area contributed by atoms with E-state index in [0.717, 1.165) is 12.3 Å². The van der Waals surface area contributed by atoms with Crippen LogP contribution in [0.5, 0.6) is 0 Å². The van der Waals surface area contributed by atoms with Crippen LogP contribution < -0.4 is 21.9 Å². The number of nitrogens with one attached hydrogen (secondary N) is 1. The molecule has 2 heterocycles. The standard InChI is InChI=1S/C21H25F3N6O2/c1-11(2)15(10-31)28-19(32)12-4-6-16-14(8-12)18(25)20(29(3)26)30(16)13-5-7-17(27-9-13)21(22,23)24/h4-9,11,15,31H,10,25-26H2,1-3H3,(H,28,32). The molecule has 6 N–H and O–H groups in total.